The van der Waals surface area contributed by atoms with E-state index in [1.165, 1.54) is 6.07 Å². The lowest BCUT2D eigenvalue weighted by Gasteiger charge is -2.17. The number of carbonyl (C=O) groups is 1. The maximum absolute atomic E-state index is 10.9. The van der Waals surface area contributed by atoms with Crippen LogP contribution in [0.1, 0.15) is 10.4 Å². The van der Waals surface area contributed by atoms with E-state index in [1.54, 1.807) is 19.1 Å². The molecule has 8 nitrogen and oxygen atoms in total. The average molecular weight is 255 g/mol. The van der Waals surface area contributed by atoms with Crippen molar-refractivity contribution < 1.29 is 19.6 Å². The van der Waals surface area contributed by atoms with Crippen molar-refractivity contribution in [2.75, 3.05) is 32.2 Å². The second kappa shape index (κ2) is 5.92. The number of ether oxygens (including phenoxy) is 1. The lowest BCUT2D eigenvalue weighted by molar-refractivity contribution is -0.385. The highest BCUT2D eigenvalue weighted by molar-refractivity contribution is 5.93. The lowest BCUT2D eigenvalue weighted by atomic mass is 10.2. The van der Waals surface area contributed by atoms with Crippen LogP contribution in [-0.2, 0) is 4.74 Å². The predicted molar refractivity (Wildman–Crippen MR) is 63.0 cm³/mol. The Kier molecular flexibility index (Phi) is 4.55. The fourth-order valence-corrected chi connectivity index (χ4v) is 1.31. The molecule has 0 radical (unpaired) electrons. The summed E-state index contributed by atoms with van der Waals surface area (Å²) in [4.78, 5) is 26.3. The van der Waals surface area contributed by atoms with E-state index in [9.17, 15) is 14.9 Å². The van der Waals surface area contributed by atoms with Crippen molar-refractivity contribution in [3.05, 3.63) is 27.9 Å². The topological polar surface area (TPSA) is 106 Å². The van der Waals surface area contributed by atoms with Crippen LogP contribution in [-0.4, -0.2) is 48.3 Å². The first-order valence-corrected chi connectivity index (χ1v) is 5.05. The van der Waals surface area contributed by atoms with Gasteiger partial charge in [0, 0.05) is 26.8 Å². The fourth-order valence-electron chi connectivity index (χ4n) is 1.31. The normalized spacial score (nSPS) is 10.1. The number of hydrogen-bond donors (Lipinski definition) is 1. The SMILES string of the molecule is COCCN(C)c1cc(C(=O)O)c([N+](=O)[O-])cn1. The van der Waals surface area contributed by atoms with E-state index in [4.69, 9.17) is 9.84 Å². The largest absolute Gasteiger partial charge is 0.477 e. The Labute approximate surface area is 103 Å². The van der Waals surface area contributed by atoms with Crippen molar-refractivity contribution in [1.29, 1.82) is 0 Å². The first-order chi connectivity index (χ1) is 8.47. The van der Waals surface area contributed by atoms with E-state index in [0.29, 0.717) is 19.0 Å². The monoisotopic (exact) mass is 255 g/mol. The van der Waals surface area contributed by atoms with Gasteiger partial charge in [0.15, 0.2) is 0 Å². The maximum atomic E-state index is 10.9. The standard InChI is InChI=1S/C10H13N3O5/c1-12(3-4-18-2)9-5-7(10(14)15)8(6-11-9)13(16)17/h5-6H,3-4H2,1-2H3,(H,14,15). The van der Waals surface area contributed by atoms with Gasteiger partial charge in [0.2, 0.25) is 0 Å². The van der Waals surface area contributed by atoms with Gasteiger partial charge in [0.05, 0.1) is 11.5 Å². The quantitative estimate of drug-likeness (QED) is 0.591. The Hall–Kier alpha value is -2.22. The van der Waals surface area contributed by atoms with Crippen LogP contribution in [0.2, 0.25) is 0 Å². The molecule has 1 aromatic heterocycles. The number of anilines is 1. The Morgan fingerprint density at radius 1 is 1.67 bits per heavy atom. The number of methoxy groups -OCH3 is 1. The molecule has 0 saturated heterocycles. The van der Waals surface area contributed by atoms with Crippen LogP contribution in [0.4, 0.5) is 11.5 Å². The molecule has 0 aliphatic carbocycles. The van der Waals surface area contributed by atoms with Crippen molar-refractivity contribution in [3.63, 3.8) is 0 Å². The average Bonchev–Trinajstić information content (AvgIpc) is 2.34. The van der Waals surface area contributed by atoms with Crippen LogP contribution in [0.5, 0.6) is 0 Å². The minimum absolute atomic E-state index is 0.343. The van der Waals surface area contributed by atoms with Gasteiger partial charge >= 0.3 is 11.7 Å². The number of carboxylic acid groups (broad SMARTS) is 1. The fraction of sp³-hybridized carbons (Fsp3) is 0.400. The predicted octanol–water partition coefficient (Wildman–Crippen LogP) is 0.771. The molecule has 1 N–H and O–H groups in total. The molecule has 0 atom stereocenters. The number of pyridine rings is 1. The Morgan fingerprint density at radius 2 is 2.33 bits per heavy atom. The van der Waals surface area contributed by atoms with Crippen molar-refractivity contribution in [1.82, 2.24) is 4.98 Å². The molecule has 1 heterocycles. The summed E-state index contributed by atoms with van der Waals surface area (Å²) < 4.78 is 4.88. The number of likely N-dealkylation sites (N-methyl/N-ethyl adjacent to an activating group) is 1. The zero-order valence-electron chi connectivity index (χ0n) is 9.99. The zero-order chi connectivity index (χ0) is 13.7. The van der Waals surface area contributed by atoms with Crippen molar-refractivity contribution in [2.45, 2.75) is 0 Å². The van der Waals surface area contributed by atoms with Crippen LogP contribution in [0, 0.1) is 10.1 Å². The summed E-state index contributed by atoms with van der Waals surface area (Å²) in [5.41, 5.74) is -0.902. The molecular formula is C10H13N3O5. The molecule has 8 heteroatoms. The highest BCUT2D eigenvalue weighted by Crippen LogP contribution is 2.21. The minimum Gasteiger partial charge on any atom is -0.477 e. The molecule has 0 fully saturated rings. The molecule has 18 heavy (non-hydrogen) atoms. The van der Waals surface area contributed by atoms with E-state index in [1.807, 2.05) is 0 Å². The molecule has 0 aliphatic heterocycles. The number of nitrogens with zero attached hydrogens (tertiary/aromatic N) is 3. The van der Waals surface area contributed by atoms with E-state index < -0.39 is 16.6 Å². The van der Waals surface area contributed by atoms with Gasteiger partial charge in [-0.05, 0) is 0 Å². The van der Waals surface area contributed by atoms with Crippen LogP contribution in [0.15, 0.2) is 12.3 Å². The second-order valence-corrected chi connectivity index (χ2v) is 3.54. The second-order valence-electron chi connectivity index (χ2n) is 3.54. The van der Waals surface area contributed by atoms with Gasteiger partial charge in [-0.2, -0.15) is 0 Å². The number of rotatable bonds is 6. The molecule has 0 spiro atoms. The summed E-state index contributed by atoms with van der Waals surface area (Å²) in [6.45, 7) is 0.942. The molecule has 1 aromatic rings. The summed E-state index contributed by atoms with van der Waals surface area (Å²) in [6.07, 6.45) is 0.947. The number of hydrogen-bond acceptors (Lipinski definition) is 6. The van der Waals surface area contributed by atoms with Crippen LogP contribution < -0.4 is 4.90 Å². The smallest absolute Gasteiger partial charge is 0.342 e. The molecule has 98 valence electrons. The number of aromatic carboxylic acids is 1. The first-order valence-electron chi connectivity index (χ1n) is 5.05. The van der Waals surface area contributed by atoms with E-state index in [2.05, 4.69) is 4.98 Å². The van der Waals surface area contributed by atoms with Crippen molar-refractivity contribution >= 4 is 17.5 Å². The highest BCUT2D eigenvalue weighted by atomic mass is 16.6. The summed E-state index contributed by atoms with van der Waals surface area (Å²) in [6, 6.07) is 1.18. The molecule has 0 amide bonds. The van der Waals surface area contributed by atoms with Gasteiger partial charge in [-0.25, -0.2) is 9.78 Å². The van der Waals surface area contributed by atoms with Crippen molar-refractivity contribution in [2.24, 2.45) is 0 Å². The van der Waals surface area contributed by atoms with Gasteiger partial charge < -0.3 is 14.7 Å². The Bertz CT molecular complexity index is 463. The van der Waals surface area contributed by atoms with E-state index >= 15 is 0 Å². The Balaban J connectivity index is 3.07. The van der Waals surface area contributed by atoms with Crippen molar-refractivity contribution in [3.8, 4) is 0 Å². The molecule has 1 rings (SSSR count). The van der Waals surface area contributed by atoms with Crippen LogP contribution in [0.25, 0.3) is 0 Å². The first kappa shape index (κ1) is 13.8. The van der Waals surface area contributed by atoms with Crippen LogP contribution in [0.3, 0.4) is 0 Å². The zero-order valence-corrected chi connectivity index (χ0v) is 9.99. The van der Waals surface area contributed by atoms with Gasteiger partial charge in [-0.1, -0.05) is 0 Å². The third-order valence-corrected chi connectivity index (χ3v) is 2.32. The number of aromatic nitrogens is 1. The maximum Gasteiger partial charge on any atom is 0.342 e. The third kappa shape index (κ3) is 3.14. The molecule has 0 aliphatic rings. The van der Waals surface area contributed by atoms with Gasteiger partial charge in [-0.3, -0.25) is 10.1 Å². The molecule has 0 saturated carbocycles. The molecule has 0 aromatic carbocycles. The van der Waals surface area contributed by atoms with Gasteiger partial charge in [0.25, 0.3) is 0 Å². The molecule has 0 unspecified atom stereocenters. The minimum atomic E-state index is -1.36. The van der Waals surface area contributed by atoms with Gasteiger partial charge in [-0.15, -0.1) is 0 Å². The Morgan fingerprint density at radius 3 is 2.83 bits per heavy atom. The number of nitro groups is 1. The third-order valence-electron chi connectivity index (χ3n) is 2.32. The summed E-state index contributed by atoms with van der Waals surface area (Å²) >= 11 is 0. The summed E-state index contributed by atoms with van der Waals surface area (Å²) in [5, 5.41) is 19.6. The van der Waals surface area contributed by atoms with Crippen LogP contribution >= 0.6 is 0 Å². The number of carboxylic acids is 1. The van der Waals surface area contributed by atoms with E-state index in [0.717, 1.165) is 6.20 Å². The molecule has 0 bridgehead atoms. The summed E-state index contributed by atoms with van der Waals surface area (Å²) in [5.74, 6) is -1.01. The van der Waals surface area contributed by atoms with E-state index in [-0.39, 0.29) is 5.56 Å². The lowest BCUT2D eigenvalue weighted by Crippen LogP contribution is -2.23. The van der Waals surface area contributed by atoms with Gasteiger partial charge in [0.1, 0.15) is 17.6 Å². The summed E-state index contributed by atoms with van der Waals surface area (Å²) in [7, 11) is 3.23. The molecular weight excluding hydrogens is 242 g/mol. The highest BCUT2D eigenvalue weighted by Gasteiger charge is 2.21.